The van der Waals surface area contributed by atoms with Crippen LogP contribution in [0.2, 0.25) is 0 Å². The van der Waals surface area contributed by atoms with Gasteiger partial charge in [0.05, 0.1) is 5.56 Å². The third kappa shape index (κ3) is 3.34. The van der Waals surface area contributed by atoms with E-state index < -0.39 is 5.97 Å². The lowest BCUT2D eigenvalue weighted by atomic mass is 10.0. The van der Waals surface area contributed by atoms with Crippen LogP contribution in [0.3, 0.4) is 0 Å². The Kier molecular flexibility index (Phi) is 4.20. The standard InChI is InChI=1S/C15H19NO3/c1-2-3-12-8-14(17)16(10-12)9-11-4-6-13(7-5-11)15(18)19/h4-7,12H,2-3,8-10H2,1H3,(H,18,19). The van der Waals surface area contributed by atoms with Crippen LogP contribution in [0.1, 0.15) is 42.1 Å². The zero-order valence-electron chi connectivity index (χ0n) is 11.1. The van der Waals surface area contributed by atoms with Gasteiger partial charge in [-0.25, -0.2) is 4.79 Å². The molecule has 0 radical (unpaired) electrons. The minimum atomic E-state index is -0.924. The van der Waals surface area contributed by atoms with Gasteiger partial charge in [0.1, 0.15) is 0 Å². The lowest BCUT2D eigenvalue weighted by Crippen LogP contribution is -2.24. The van der Waals surface area contributed by atoms with Crippen LogP contribution in [-0.2, 0) is 11.3 Å². The highest BCUT2D eigenvalue weighted by Gasteiger charge is 2.28. The van der Waals surface area contributed by atoms with E-state index in [-0.39, 0.29) is 11.5 Å². The number of carboxylic acids is 1. The Bertz CT molecular complexity index is 467. The van der Waals surface area contributed by atoms with Crippen LogP contribution in [0.15, 0.2) is 24.3 Å². The molecule has 0 aliphatic carbocycles. The Morgan fingerprint density at radius 2 is 2.05 bits per heavy atom. The van der Waals surface area contributed by atoms with Crippen molar-refractivity contribution in [2.45, 2.75) is 32.7 Å². The van der Waals surface area contributed by atoms with Crippen molar-refractivity contribution < 1.29 is 14.7 Å². The van der Waals surface area contributed by atoms with Gasteiger partial charge >= 0.3 is 5.97 Å². The molecule has 1 aromatic rings. The molecule has 2 rings (SSSR count). The minimum absolute atomic E-state index is 0.209. The normalized spacial score (nSPS) is 18.9. The second-order valence-corrected chi connectivity index (χ2v) is 5.14. The molecule has 0 bridgehead atoms. The monoisotopic (exact) mass is 261 g/mol. The maximum absolute atomic E-state index is 11.9. The van der Waals surface area contributed by atoms with Crippen LogP contribution in [-0.4, -0.2) is 28.4 Å². The highest BCUT2D eigenvalue weighted by atomic mass is 16.4. The van der Waals surface area contributed by atoms with E-state index in [1.165, 1.54) is 0 Å². The molecule has 0 spiro atoms. The SMILES string of the molecule is CCCC1CC(=O)N(Cc2ccc(C(=O)O)cc2)C1. The van der Waals surface area contributed by atoms with Crippen LogP contribution in [0.4, 0.5) is 0 Å². The Balaban J connectivity index is 1.97. The molecule has 1 fully saturated rings. The van der Waals surface area contributed by atoms with Crippen molar-refractivity contribution in [3.05, 3.63) is 35.4 Å². The van der Waals surface area contributed by atoms with E-state index in [4.69, 9.17) is 5.11 Å². The summed E-state index contributed by atoms with van der Waals surface area (Å²) in [4.78, 5) is 24.5. The van der Waals surface area contributed by atoms with Gasteiger partial charge in [0, 0.05) is 19.5 Å². The van der Waals surface area contributed by atoms with Gasteiger partial charge in [-0.05, 0) is 30.0 Å². The van der Waals surface area contributed by atoms with Crippen LogP contribution < -0.4 is 0 Å². The topological polar surface area (TPSA) is 57.6 Å². The average Bonchev–Trinajstić information content (AvgIpc) is 2.71. The molecule has 1 unspecified atom stereocenters. The van der Waals surface area contributed by atoms with Crippen molar-refractivity contribution in [2.75, 3.05) is 6.54 Å². The summed E-state index contributed by atoms with van der Waals surface area (Å²) < 4.78 is 0. The summed E-state index contributed by atoms with van der Waals surface area (Å²) >= 11 is 0. The molecule has 1 aliphatic heterocycles. The number of hydrogen-bond donors (Lipinski definition) is 1. The third-order valence-corrected chi connectivity index (χ3v) is 3.57. The smallest absolute Gasteiger partial charge is 0.335 e. The van der Waals surface area contributed by atoms with Crippen molar-refractivity contribution in [2.24, 2.45) is 5.92 Å². The molecule has 4 heteroatoms. The molecule has 102 valence electrons. The number of benzene rings is 1. The third-order valence-electron chi connectivity index (χ3n) is 3.57. The summed E-state index contributed by atoms with van der Waals surface area (Å²) in [5.74, 6) is -0.233. The molecule has 1 saturated heterocycles. The molecule has 4 nitrogen and oxygen atoms in total. The second kappa shape index (κ2) is 5.87. The van der Waals surface area contributed by atoms with Gasteiger partial charge < -0.3 is 10.0 Å². The van der Waals surface area contributed by atoms with Crippen molar-refractivity contribution in [3.8, 4) is 0 Å². The van der Waals surface area contributed by atoms with E-state index in [9.17, 15) is 9.59 Å². The molecule has 0 saturated carbocycles. The van der Waals surface area contributed by atoms with Gasteiger partial charge in [-0.3, -0.25) is 4.79 Å². The number of carbonyl (C=O) groups excluding carboxylic acids is 1. The summed E-state index contributed by atoms with van der Waals surface area (Å²) in [7, 11) is 0. The molecule has 19 heavy (non-hydrogen) atoms. The van der Waals surface area contributed by atoms with E-state index in [1.807, 2.05) is 4.90 Å². The second-order valence-electron chi connectivity index (χ2n) is 5.14. The van der Waals surface area contributed by atoms with Crippen LogP contribution >= 0.6 is 0 Å². The number of likely N-dealkylation sites (tertiary alicyclic amines) is 1. The largest absolute Gasteiger partial charge is 0.478 e. The quantitative estimate of drug-likeness (QED) is 0.886. The number of carbonyl (C=O) groups is 2. The zero-order valence-corrected chi connectivity index (χ0v) is 11.1. The van der Waals surface area contributed by atoms with Gasteiger partial charge in [-0.15, -0.1) is 0 Å². The van der Waals surface area contributed by atoms with E-state index in [0.29, 0.717) is 18.9 Å². The first-order valence-corrected chi connectivity index (χ1v) is 6.70. The summed E-state index contributed by atoms with van der Waals surface area (Å²) in [6, 6.07) is 6.73. The van der Waals surface area contributed by atoms with Gasteiger partial charge in [-0.2, -0.15) is 0 Å². The Morgan fingerprint density at radius 3 is 2.63 bits per heavy atom. The van der Waals surface area contributed by atoms with Crippen molar-refractivity contribution in [3.63, 3.8) is 0 Å². The zero-order chi connectivity index (χ0) is 13.8. The fourth-order valence-electron chi connectivity index (χ4n) is 2.58. The van der Waals surface area contributed by atoms with Crippen LogP contribution in [0, 0.1) is 5.92 Å². The molecule has 1 amide bonds. The van der Waals surface area contributed by atoms with Crippen molar-refractivity contribution in [1.29, 1.82) is 0 Å². The first kappa shape index (κ1) is 13.6. The summed E-state index contributed by atoms with van der Waals surface area (Å²) in [6.45, 7) is 3.55. The fourth-order valence-corrected chi connectivity index (χ4v) is 2.58. The molecular weight excluding hydrogens is 242 g/mol. The number of carboxylic acid groups (broad SMARTS) is 1. The molecule has 1 aromatic carbocycles. The molecule has 0 aromatic heterocycles. The van der Waals surface area contributed by atoms with Gasteiger partial charge in [0.2, 0.25) is 5.91 Å². The Labute approximate surface area is 113 Å². The molecule has 1 heterocycles. The fraction of sp³-hybridized carbons (Fsp3) is 0.467. The molecule has 1 N–H and O–H groups in total. The highest BCUT2D eigenvalue weighted by Crippen LogP contribution is 2.23. The highest BCUT2D eigenvalue weighted by molar-refractivity contribution is 5.87. The van der Waals surface area contributed by atoms with Crippen molar-refractivity contribution in [1.82, 2.24) is 4.90 Å². The van der Waals surface area contributed by atoms with Crippen molar-refractivity contribution >= 4 is 11.9 Å². The predicted octanol–water partition coefficient (Wildman–Crippen LogP) is 2.53. The van der Waals surface area contributed by atoms with Gasteiger partial charge in [0.15, 0.2) is 0 Å². The van der Waals surface area contributed by atoms with Crippen LogP contribution in [0.25, 0.3) is 0 Å². The van der Waals surface area contributed by atoms with E-state index in [2.05, 4.69) is 6.92 Å². The molecule has 1 aliphatic rings. The number of aromatic carboxylic acids is 1. The number of hydrogen-bond acceptors (Lipinski definition) is 2. The molecular formula is C15H19NO3. The lowest BCUT2D eigenvalue weighted by Gasteiger charge is -2.16. The van der Waals surface area contributed by atoms with Gasteiger partial charge in [-0.1, -0.05) is 25.5 Å². The average molecular weight is 261 g/mol. The van der Waals surface area contributed by atoms with Crippen LogP contribution in [0.5, 0.6) is 0 Å². The Hall–Kier alpha value is -1.84. The van der Waals surface area contributed by atoms with Gasteiger partial charge in [0.25, 0.3) is 0 Å². The summed E-state index contributed by atoms with van der Waals surface area (Å²) in [5.41, 5.74) is 1.26. The summed E-state index contributed by atoms with van der Waals surface area (Å²) in [6.07, 6.45) is 2.86. The summed E-state index contributed by atoms with van der Waals surface area (Å²) in [5, 5.41) is 8.83. The predicted molar refractivity (Wildman–Crippen MR) is 71.8 cm³/mol. The lowest BCUT2D eigenvalue weighted by molar-refractivity contribution is -0.128. The minimum Gasteiger partial charge on any atom is -0.478 e. The number of nitrogens with zero attached hydrogens (tertiary/aromatic N) is 1. The maximum Gasteiger partial charge on any atom is 0.335 e. The maximum atomic E-state index is 11.9. The van der Waals surface area contributed by atoms with E-state index in [0.717, 1.165) is 24.9 Å². The molecule has 1 atom stereocenters. The number of amides is 1. The van der Waals surface area contributed by atoms with E-state index in [1.54, 1.807) is 24.3 Å². The number of rotatable bonds is 5. The first-order valence-electron chi connectivity index (χ1n) is 6.70. The van der Waals surface area contributed by atoms with E-state index >= 15 is 0 Å². The Morgan fingerprint density at radius 1 is 1.37 bits per heavy atom. The first-order chi connectivity index (χ1) is 9.10.